The van der Waals surface area contributed by atoms with Gasteiger partial charge in [-0.1, -0.05) is 18.2 Å². The number of H-pyrrole nitrogens is 1. The van der Waals surface area contributed by atoms with Crippen molar-refractivity contribution in [3.05, 3.63) is 65.9 Å². The van der Waals surface area contributed by atoms with Gasteiger partial charge in [-0.05, 0) is 30.3 Å². The van der Waals surface area contributed by atoms with Crippen molar-refractivity contribution in [3.8, 4) is 5.75 Å². The van der Waals surface area contributed by atoms with Gasteiger partial charge in [-0.2, -0.15) is 18.7 Å². The molecular formula is C16H11F3N2O2. The maximum atomic E-state index is 13.1. The summed E-state index contributed by atoms with van der Waals surface area (Å²) in [4.78, 5) is 19.5. The molecule has 7 heteroatoms. The third-order valence-corrected chi connectivity index (χ3v) is 3.25. The molecule has 1 amide bonds. The van der Waals surface area contributed by atoms with Crippen molar-refractivity contribution in [2.45, 2.75) is 6.18 Å². The topological polar surface area (TPSA) is 54.1 Å². The minimum atomic E-state index is -4.61. The molecule has 1 heterocycles. The number of benzene rings is 2. The Hall–Kier alpha value is -2.96. The molecule has 0 aliphatic carbocycles. The van der Waals surface area contributed by atoms with Gasteiger partial charge in [0, 0.05) is 22.7 Å². The highest BCUT2D eigenvalue weighted by Gasteiger charge is 2.35. The number of hydrogen-bond acceptors (Lipinski definition) is 2. The van der Waals surface area contributed by atoms with Crippen LogP contribution in [0, 0.1) is 0 Å². The number of hydroxylamine groups is 1. The van der Waals surface area contributed by atoms with Crippen LogP contribution in [-0.4, -0.2) is 10.9 Å². The van der Waals surface area contributed by atoms with Gasteiger partial charge in [0.2, 0.25) is 0 Å². The standard InChI is InChI=1S/C16H11F3N2O2/c17-16(18,19)12-9-13-11(6-7-20-13)8-14(12)23-21-15(22)10-4-2-1-3-5-10/h1-9,20H,(H,21,22). The number of hydrogen-bond donors (Lipinski definition) is 2. The van der Waals surface area contributed by atoms with Crippen LogP contribution in [0.4, 0.5) is 13.2 Å². The summed E-state index contributed by atoms with van der Waals surface area (Å²) in [6.45, 7) is 0. The van der Waals surface area contributed by atoms with Crippen LogP contribution < -0.4 is 10.3 Å². The van der Waals surface area contributed by atoms with Crippen LogP contribution in [-0.2, 0) is 6.18 Å². The molecule has 2 N–H and O–H groups in total. The predicted molar refractivity (Wildman–Crippen MR) is 77.8 cm³/mol. The average Bonchev–Trinajstić information content (AvgIpc) is 2.99. The highest BCUT2D eigenvalue weighted by Crippen LogP contribution is 2.38. The van der Waals surface area contributed by atoms with E-state index in [4.69, 9.17) is 4.84 Å². The van der Waals surface area contributed by atoms with E-state index < -0.39 is 23.4 Å². The van der Waals surface area contributed by atoms with E-state index in [-0.39, 0.29) is 5.56 Å². The van der Waals surface area contributed by atoms with Gasteiger partial charge in [0.05, 0.1) is 0 Å². The normalized spacial score (nSPS) is 11.4. The first-order valence-electron chi connectivity index (χ1n) is 6.66. The molecule has 4 nitrogen and oxygen atoms in total. The van der Waals surface area contributed by atoms with Crippen LogP contribution in [0.1, 0.15) is 15.9 Å². The number of halogens is 3. The lowest BCUT2D eigenvalue weighted by molar-refractivity contribution is -0.139. The van der Waals surface area contributed by atoms with E-state index in [9.17, 15) is 18.0 Å². The number of rotatable bonds is 3. The largest absolute Gasteiger partial charge is 0.420 e. The minimum Gasteiger partial charge on any atom is -0.379 e. The van der Waals surface area contributed by atoms with Crippen LogP contribution in [0.25, 0.3) is 10.9 Å². The van der Waals surface area contributed by atoms with Gasteiger partial charge in [-0.15, -0.1) is 0 Å². The van der Waals surface area contributed by atoms with Crippen molar-refractivity contribution in [2.24, 2.45) is 0 Å². The Bertz CT molecular complexity index is 841. The third kappa shape index (κ3) is 3.13. The molecule has 0 saturated carbocycles. The van der Waals surface area contributed by atoms with E-state index in [2.05, 4.69) is 4.98 Å². The summed E-state index contributed by atoms with van der Waals surface area (Å²) >= 11 is 0. The van der Waals surface area contributed by atoms with Crippen LogP contribution in [0.2, 0.25) is 0 Å². The summed E-state index contributed by atoms with van der Waals surface area (Å²) in [5.74, 6) is -1.10. The van der Waals surface area contributed by atoms with Gasteiger partial charge in [0.25, 0.3) is 5.91 Å². The Morgan fingerprint density at radius 2 is 1.83 bits per heavy atom. The Kier molecular flexibility index (Phi) is 3.69. The van der Waals surface area contributed by atoms with Crippen molar-refractivity contribution in [3.63, 3.8) is 0 Å². The lowest BCUT2D eigenvalue weighted by atomic mass is 10.1. The fraction of sp³-hybridized carbons (Fsp3) is 0.0625. The Morgan fingerprint density at radius 3 is 2.52 bits per heavy atom. The smallest absolute Gasteiger partial charge is 0.379 e. The van der Waals surface area contributed by atoms with E-state index in [0.29, 0.717) is 10.9 Å². The first-order valence-corrected chi connectivity index (χ1v) is 6.66. The van der Waals surface area contributed by atoms with Crippen molar-refractivity contribution in [1.29, 1.82) is 0 Å². The summed E-state index contributed by atoms with van der Waals surface area (Å²) in [6, 6.07) is 11.8. The predicted octanol–water partition coefficient (Wildman–Crippen LogP) is 3.91. The van der Waals surface area contributed by atoms with E-state index in [1.165, 1.54) is 24.4 Å². The summed E-state index contributed by atoms with van der Waals surface area (Å²) in [5, 5.41) is 0.543. The SMILES string of the molecule is O=C(NOc1cc2cc[nH]c2cc1C(F)(F)F)c1ccccc1. The monoisotopic (exact) mass is 320 g/mol. The second-order valence-electron chi connectivity index (χ2n) is 4.81. The van der Waals surface area contributed by atoms with E-state index in [0.717, 1.165) is 6.07 Å². The Morgan fingerprint density at radius 1 is 1.09 bits per heavy atom. The number of carbonyl (C=O) groups is 1. The van der Waals surface area contributed by atoms with Crippen LogP contribution in [0.3, 0.4) is 0 Å². The number of aromatic nitrogens is 1. The average molecular weight is 320 g/mol. The molecule has 118 valence electrons. The molecule has 0 fully saturated rings. The number of fused-ring (bicyclic) bond motifs is 1. The molecule has 0 spiro atoms. The van der Waals surface area contributed by atoms with Gasteiger partial charge >= 0.3 is 6.18 Å². The van der Waals surface area contributed by atoms with Crippen molar-refractivity contribution < 1.29 is 22.8 Å². The van der Waals surface area contributed by atoms with Crippen molar-refractivity contribution >= 4 is 16.8 Å². The summed E-state index contributed by atoms with van der Waals surface area (Å²) in [7, 11) is 0. The minimum absolute atomic E-state index is 0.281. The summed E-state index contributed by atoms with van der Waals surface area (Å²) < 4.78 is 39.4. The van der Waals surface area contributed by atoms with E-state index in [1.54, 1.807) is 24.3 Å². The maximum absolute atomic E-state index is 13.1. The molecule has 0 unspecified atom stereocenters. The van der Waals surface area contributed by atoms with Crippen LogP contribution in [0.15, 0.2) is 54.7 Å². The molecule has 3 aromatic rings. The van der Waals surface area contributed by atoms with E-state index in [1.807, 2.05) is 5.48 Å². The molecule has 0 radical (unpaired) electrons. The van der Waals surface area contributed by atoms with Gasteiger partial charge in [-0.25, -0.2) is 0 Å². The first kappa shape index (κ1) is 15.0. The quantitative estimate of drug-likeness (QED) is 0.719. The second-order valence-corrected chi connectivity index (χ2v) is 4.81. The fourth-order valence-corrected chi connectivity index (χ4v) is 2.14. The van der Waals surface area contributed by atoms with E-state index >= 15 is 0 Å². The Balaban J connectivity index is 1.88. The molecule has 0 bridgehead atoms. The van der Waals surface area contributed by atoms with Crippen LogP contribution in [0.5, 0.6) is 5.75 Å². The molecule has 3 rings (SSSR count). The van der Waals surface area contributed by atoms with Gasteiger partial charge in [0.1, 0.15) is 5.56 Å². The van der Waals surface area contributed by atoms with Crippen molar-refractivity contribution in [1.82, 2.24) is 10.5 Å². The molecule has 0 aliphatic rings. The molecule has 2 aromatic carbocycles. The molecule has 0 saturated heterocycles. The summed E-state index contributed by atoms with van der Waals surface area (Å²) in [6.07, 6.45) is -3.08. The number of amides is 1. The fourth-order valence-electron chi connectivity index (χ4n) is 2.14. The summed E-state index contributed by atoms with van der Waals surface area (Å²) in [5.41, 5.74) is 1.68. The van der Waals surface area contributed by atoms with Gasteiger partial charge in [0.15, 0.2) is 5.75 Å². The Labute approximate surface area is 128 Å². The lowest BCUT2D eigenvalue weighted by Crippen LogP contribution is -2.28. The molecule has 0 atom stereocenters. The number of alkyl halides is 3. The zero-order chi connectivity index (χ0) is 16.4. The zero-order valence-corrected chi connectivity index (χ0v) is 11.6. The lowest BCUT2D eigenvalue weighted by Gasteiger charge is -2.14. The zero-order valence-electron chi connectivity index (χ0n) is 11.6. The highest BCUT2D eigenvalue weighted by atomic mass is 19.4. The van der Waals surface area contributed by atoms with Crippen LogP contribution >= 0.6 is 0 Å². The molecule has 23 heavy (non-hydrogen) atoms. The maximum Gasteiger partial charge on any atom is 0.420 e. The molecule has 1 aromatic heterocycles. The molecule has 0 aliphatic heterocycles. The second kappa shape index (κ2) is 5.68. The first-order chi connectivity index (χ1) is 10.9. The van der Waals surface area contributed by atoms with Crippen molar-refractivity contribution in [2.75, 3.05) is 0 Å². The number of nitrogens with one attached hydrogen (secondary N) is 2. The van der Waals surface area contributed by atoms with Gasteiger partial charge < -0.3 is 9.82 Å². The number of carbonyl (C=O) groups excluding carboxylic acids is 1. The third-order valence-electron chi connectivity index (χ3n) is 3.25. The van der Waals surface area contributed by atoms with Gasteiger partial charge in [-0.3, -0.25) is 4.79 Å². The highest BCUT2D eigenvalue weighted by molar-refractivity contribution is 5.93. The molecular weight excluding hydrogens is 309 g/mol. The number of aromatic amines is 1.